The summed E-state index contributed by atoms with van der Waals surface area (Å²) in [7, 11) is -10.6. The van der Waals surface area contributed by atoms with E-state index in [4.69, 9.17) is 27.4 Å². The molecule has 4 fully saturated rings. The van der Waals surface area contributed by atoms with Crippen LogP contribution in [0.15, 0.2) is 118 Å². The number of nitro groups is 1. The number of carbonyl (C=O) groups is 1. The Labute approximate surface area is 551 Å². The van der Waals surface area contributed by atoms with Crippen LogP contribution in [0.2, 0.25) is 0 Å². The quantitative estimate of drug-likeness (QED) is 0.0191. The van der Waals surface area contributed by atoms with Crippen molar-refractivity contribution in [2.24, 2.45) is 7.05 Å². The Morgan fingerprint density at radius 2 is 1.29 bits per heavy atom. The van der Waals surface area contributed by atoms with Gasteiger partial charge in [-0.15, -0.1) is 35.3 Å². The molecule has 3 unspecified atom stereocenters. The highest BCUT2D eigenvalue weighted by molar-refractivity contribution is 8.00. The number of imidazole rings is 1. The van der Waals surface area contributed by atoms with Crippen molar-refractivity contribution in [3.63, 3.8) is 0 Å². The Bertz CT molecular complexity index is 3880. The fourth-order valence-corrected chi connectivity index (χ4v) is 18.4. The molecular weight excluding hydrogens is 1350 g/mol. The van der Waals surface area contributed by atoms with E-state index >= 15 is 0 Å². The summed E-state index contributed by atoms with van der Waals surface area (Å²) in [6, 6.07) is 22.5. The second-order valence-corrected chi connectivity index (χ2v) is 30.7. The van der Waals surface area contributed by atoms with Crippen LogP contribution in [0.1, 0.15) is 71.3 Å². The van der Waals surface area contributed by atoms with Crippen molar-refractivity contribution in [2.75, 3.05) is 26.4 Å². The Hall–Kier alpha value is -5.66. The molecule has 514 valence electrons. The van der Waals surface area contributed by atoms with Gasteiger partial charge in [-0.3, -0.25) is 41.1 Å². The van der Waals surface area contributed by atoms with Gasteiger partial charge in [0.15, 0.2) is 0 Å². The average molecular weight is 1430 g/mol. The summed E-state index contributed by atoms with van der Waals surface area (Å²) >= 11 is 3.49. The van der Waals surface area contributed by atoms with Crippen LogP contribution < -0.4 is 32.3 Å². The number of thioether (sulfide) groups is 3. The minimum absolute atomic E-state index is 0. The van der Waals surface area contributed by atoms with Crippen molar-refractivity contribution in [3.8, 4) is 0 Å². The van der Waals surface area contributed by atoms with Gasteiger partial charge in [0, 0.05) is 61.7 Å². The van der Waals surface area contributed by atoms with Gasteiger partial charge in [0.25, 0.3) is 0 Å². The molecule has 39 heteroatoms. The van der Waals surface area contributed by atoms with E-state index in [2.05, 4.69) is 35.2 Å². The van der Waals surface area contributed by atoms with Gasteiger partial charge in [0.05, 0.1) is 48.7 Å². The van der Waals surface area contributed by atoms with Gasteiger partial charge in [0.2, 0.25) is 0 Å². The number of rotatable bonds is 23. The fraction of sp³-hybridized carbons (Fsp3) is 0.491. The maximum Gasteiger partial charge on any atom is 0.434 e. The van der Waals surface area contributed by atoms with E-state index in [1.54, 1.807) is 88.5 Å². The number of aryl methyl sites for hydroxylation is 3. The minimum Gasteiger partial charge on any atom is -0.464 e. The molecule has 4 aliphatic heterocycles. The summed E-state index contributed by atoms with van der Waals surface area (Å²) in [6.45, 7) is 7.23. The van der Waals surface area contributed by atoms with Gasteiger partial charge in [-0.05, 0) is 61.9 Å². The predicted molar refractivity (Wildman–Crippen MR) is 346 cm³/mol. The van der Waals surface area contributed by atoms with Crippen LogP contribution in [-0.2, 0) is 72.6 Å². The molecule has 94 heavy (non-hydrogen) atoms. The van der Waals surface area contributed by atoms with Gasteiger partial charge < -0.3 is 45.3 Å². The lowest BCUT2D eigenvalue weighted by Gasteiger charge is -2.33. The molecule has 4 aliphatic rings. The molecule has 0 bridgehead atoms. The van der Waals surface area contributed by atoms with Crippen LogP contribution in [0.5, 0.6) is 0 Å². The number of carbonyl (C=O) groups excluding carboxylic acids is 1. The van der Waals surface area contributed by atoms with E-state index in [0.717, 1.165) is 34.7 Å². The van der Waals surface area contributed by atoms with Crippen molar-refractivity contribution < 1.29 is 81.2 Å². The molecule has 33 nitrogen and oxygen atoms in total. The van der Waals surface area contributed by atoms with E-state index in [1.165, 1.54) is 62.6 Å². The number of fused-ring (bicyclic) bond motifs is 1. The van der Waals surface area contributed by atoms with E-state index in [9.17, 15) is 73.4 Å². The van der Waals surface area contributed by atoms with Gasteiger partial charge in [-0.1, -0.05) is 73.1 Å². The number of benzene rings is 2. The van der Waals surface area contributed by atoms with Crippen LogP contribution in [0.25, 0.3) is 0 Å². The van der Waals surface area contributed by atoms with E-state index in [0.29, 0.717) is 17.1 Å². The smallest absolute Gasteiger partial charge is 0.434 e. The van der Waals surface area contributed by atoms with Crippen molar-refractivity contribution in [2.45, 2.75) is 136 Å². The first-order chi connectivity index (χ1) is 44.1. The third-order valence-corrected chi connectivity index (χ3v) is 23.4. The Morgan fingerprint density at radius 1 is 0.777 bits per heavy atom. The first-order valence-corrected chi connectivity index (χ1v) is 36.0. The molecule has 2 aromatic carbocycles. The lowest BCUT2D eigenvalue weighted by atomic mass is 10.1. The molecule has 9 N–H and O–H groups in total. The number of hydrogen-bond acceptors (Lipinski definition) is 27. The summed E-state index contributed by atoms with van der Waals surface area (Å²) in [6.07, 6.45) is -1.07. The zero-order chi connectivity index (χ0) is 67.5. The number of hydrogen-bond donors (Lipinski definition) is 9. The number of aromatic nitrogens is 8. The van der Waals surface area contributed by atoms with E-state index < -0.39 is 133 Å². The summed E-state index contributed by atoms with van der Waals surface area (Å²) in [5, 5.41) is 67.4. The number of nitrogens with one attached hydrogen (secondary N) is 3. The number of nitrogens with zero attached hydrogens (tertiary/aromatic N) is 9. The molecule has 10 rings (SSSR count). The van der Waals surface area contributed by atoms with Gasteiger partial charge in [0.1, 0.15) is 71.7 Å². The Kier molecular flexibility index (Phi) is 27.0. The number of aliphatic hydroxyl groups excluding tert-OH is 5. The first kappa shape index (κ1) is 75.7. The largest absolute Gasteiger partial charge is 0.464 e. The standard InChI is InChI=1S/C22H27N6O8PS.C17H22N3O6PS.C15H22N3O7PS.CH4/c1-14-8-9-27(22(31)25-14)20-18(30)19(17(12-29)38-20)36-37(34,24-10-15-6-4-3-5-7-15)35-13-16-11-23-21(26(16)2)28(32)33;1-11-7-8-20(17(23)19-11)16-15(22)14(21)13(28-16)10-26-27(24,25)18-9-12-5-3-2-4-6-12;1-8-4-5-18(15(21)16-8)14-12(20)13-11(27-14)7-24-26(22,25-13)17-9(2)6-23-10(3)19;/h3-9,11,17-20,29-30H,10,12-13H2,1-2H3,(H,24,34);2-8,13-16,21-22H,9-10H2,1H3,(H2,18,24,25);4-5,9,11-14,20H,6-7H2,1-3H3,(H,17,22);1H4/t17-,18+,19-,20-,37?;13-,14-,15+,16-;9-,11+,12-,13+,14+,26?;/m110./s1. The van der Waals surface area contributed by atoms with E-state index in [-0.39, 0.29) is 57.9 Å². The van der Waals surface area contributed by atoms with Crippen LogP contribution >= 0.6 is 58.5 Å². The third-order valence-electron chi connectivity index (χ3n) is 14.4. The predicted octanol–water partition coefficient (Wildman–Crippen LogP) is 3.68. The van der Waals surface area contributed by atoms with Gasteiger partial charge in [-0.2, -0.15) is 15.0 Å². The molecule has 16 atom stereocenters. The maximum atomic E-state index is 13.9. The number of esters is 1. The van der Waals surface area contributed by atoms with Crippen LogP contribution in [0, 0.1) is 30.9 Å². The maximum absolute atomic E-state index is 13.9. The SMILES string of the molecule is C.CC(=O)OC[C@H](C)NP1(=O)OC[C@H]2S[C@@H](n3ccc(C)nc3=O)[C@@H](O)[C@@H]2O1.Cc1ccn([C@@H]2S[C@H](CO)[C@@H](OP(=O)(NCc3ccccc3)OCc3cnc([N+](=O)[O-])n3C)[C@@H]2O)c(=O)n1.Cc1ccn([C@@H]2S[C@H](COP(=O)(O)NCc3ccccc3)[C@@H](O)[C@@H]2O)c(=O)n1. The molecular formula is C55H75N12O21P3S3. The molecule has 8 heterocycles. The summed E-state index contributed by atoms with van der Waals surface area (Å²) in [5.41, 5.74) is 1.89. The van der Waals surface area contributed by atoms with Crippen molar-refractivity contribution in [1.82, 2.24) is 53.5 Å². The molecule has 0 amide bonds. The van der Waals surface area contributed by atoms with Gasteiger partial charge >= 0.3 is 52.2 Å². The molecule has 6 aromatic rings. The lowest BCUT2D eigenvalue weighted by molar-refractivity contribution is -0.396. The minimum atomic E-state index is -4.21. The molecule has 4 saturated heterocycles. The summed E-state index contributed by atoms with van der Waals surface area (Å²) in [4.78, 5) is 83.2. The fourth-order valence-electron chi connectivity index (χ4n) is 9.54. The highest BCUT2D eigenvalue weighted by Gasteiger charge is 2.53. The van der Waals surface area contributed by atoms with Crippen LogP contribution in [0.4, 0.5) is 5.95 Å². The third kappa shape index (κ3) is 19.8. The zero-order valence-electron chi connectivity index (χ0n) is 50.7. The second kappa shape index (κ2) is 33.5. The summed E-state index contributed by atoms with van der Waals surface area (Å²) in [5.74, 6) is -0.866. The lowest BCUT2D eigenvalue weighted by Crippen LogP contribution is -2.43. The average Bonchev–Trinajstić information content (AvgIpc) is 1.62. The van der Waals surface area contributed by atoms with Crippen molar-refractivity contribution >= 4 is 70.4 Å². The molecule has 4 aromatic heterocycles. The number of ether oxygens (including phenoxy) is 1. The molecule has 0 aliphatic carbocycles. The molecule has 0 radical (unpaired) electrons. The molecule has 0 spiro atoms. The zero-order valence-corrected chi connectivity index (χ0v) is 55.8. The Balaban J connectivity index is 0.000000202. The van der Waals surface area contributed by atoms with Crippen molar-refractivity contribution in [1.29, 1.82) is 0 Å². The normalized spacial score (nSPS) is 27.0. The van der Waals surface area contributed by atoms with Crippen molar-refractivity contribution in [3.05, 3.63) is 179 Å². The second-order valence-electron chi connectivity index (χ2n) is 21.5. The number of aliphatic hydroxyl groups is 5. The highest BCUT2D eigenvalue weighted by Crippen LogP contribution is 2.57. The van der Waals surface area contributed by atoms with Crippen LogP contribution in [0.3, 0.4) is 0 Å². The van der Waals surface area contributed by atoms with Gasteiger partial charge in [-0.25, -0.2) is 47.9 Å². The Morgan fingerprint density at radius 3 is 1.79 bits per heavy atom. The van der Waals surface area contributed by atoms with E-state index in [1.807, 2.05) is 24.3 Å². The first-order valence-electron chi connectivity index (χ1n) is 28.5. The summed E-state index contributed by atoms with van der Waals surface area (Å²) < 4.78 is 76.4. The van der Waals surface area contributed by atoms with Crippen LogP contribution in [-0.4, -0.2) is 164 Å². The monoisotopic (exact) mass is 1430 g/mol. The highest BCUT2D eigenvalue weighted by atomic mass is 32.2. The topological polar surface area (TPSA) is 447 Å². The molecule has 0 saturated carbocycles.